The Bertz CT molecular complexity index is 947. The van der Waals surface area contributed by atoms with Gasteiger partial charge in [-0.3, -0.25) is 9.59 Å². The molecule has 3 aromatic heterocycles. The Balaban J connectivity index is 1.74. The molecule has 0 saturated carbocycles. The van der Waals surface area contributed by atoms with Crippen molar-refractivity contribution in [1.29, 1.82) is 0 Å². The smallest absolute Gasteiger partial charge is 0.262 e. The summed E-state index contributed by atoms with van der Waals surface area (Å²) in [6.07, 6.45) is 1.66. The van der Waals surface area contributed by atoms with Crippen LogP contribution in [-0.4, -0.2) is 41.5 Å². The third-order valence-electron chi connectivity index (χ3n) is 3.09. The minimum absolute atomic E-state index is 0.0482. The van der Waals surface area contributed by atoms with Gasteiger partial charge in [-0.15, -0.1) is 10.2 Å². The van der Waals surface area contributed by atoms with E-state index in [0.717, 1.165) is 0 Å². The van der Waals surface area contributed by atoms with Crippen molar-refractivity contribution in [3.8, 4) is 0 Å². The molecular weight excluding hydrogens is 372 g/mol. The first kappa shape index (κ1) is 17.1. The summed E-state index contributed by atoms with van der Waals surface area (Å²) < 4.78 is 1.99. The molecule has 0 unspecified atom stereocenters. The molecule has 0 saturated heterocycles. The van der Waals surface area contributed by atoms with Crippen LogP contribution in [0.1, 0.15) is 24.9 Å². The summed E-state index contributed by atoms with van der Waals surface area (Å²) >= 11 is 8.04. The molecule has 0 aromatic carbocycles. The molecule has 24 heavy (non-hydrogen) atoms. The van der Waals surface area contributed by atoms with Gasteiger partial charge in [-0.25, -0.2) is 9.67 Å². The molecule has 0 spiro atoms. The van der Waals surface area contributed by atoms with Crippen molar-refractivity contribution in [2.75, 3.05) is 5.75 Å². The number of hydrogen-bond donors (Lipinski definition) is 1. The number of nitrogens with one attached hydrogen (secondary N) is 1. The van der Waals surface area contributed by atoms with Crippen molar-refractivity contribution in [3.05, 3.63) is 26.0 Å². The van der Waals surface area contributed by atoms with Crippen LogP contribution in [0.15, 0.2) is 16.1 Å². The van der Waals surface area contributed by atoms with Crippen LogP contribution in [0.2, 0.25) is 4.47 Å². The number of fused-ring (bicyclic) bond motifs is 1. The van der Waals surface area contributed by atoms with Gasteiger partial charge in [-0.1, -0.05) is 23.1 Å². The predicted octanol–water partition coefficient (Wildman–Crippen LogP) is 2.11. The average molecular weight is 385 g/mol. The highest BCUT2D eigenvalue weighted by atomic mass is 35.5. The number of halogens is 1. The van der Waals surface area contributed by atoms with Gasteiger partial charge >= 0.3 is 0 Å². The number of aromatic nitrogens is 6. The minimum atomic E-state index is -0.266. The normalized spacial score (nSPS) is 11.5. The van der Waals surface area contributed by atoms with Gasteiger partial charge in [-0.05, 0) is 25.4 Å². The van der Waals surface area contributed by atoms with E-state index in [4.69, 9.17) is 11.6 Å². The fraction of sp³-hybridized carbons (Fsp3) is 0.385. The Morgan fingerprint density at radius 2 is 2.25 bits per heavy atom. The molecule has 11 heteroatoms. The Morgan fingerprint density at radius 1 is 1.46 bits per heavy atom. The maximum atomic E-state index is 12.1. The van der Waals surface area contributed by atoms with Crippen molar-refractivity contribution < 1.29 is 4.79 Å². The molecule has 1 N–H and O–H groups in total. The molecule has 0 aliphatic carbocycles. The zero-order chi connectivity index (χ0) is 17.3. The van der Waals surface area contributed by atoms with Crippen LogP contribution in [0.5, 0.6) is 0 Å². The maximum Gasteiger partial charge on any atom is 0.262 e. The molecule has 0 bridgehead atoms. The number of H-pyrrole nitrogens is 1. The first-order valence-electron chi connectivity index (χ1n) is 7.04. The first-order chi connectivity index (χ1) is 11.4. The summed E-state index contributed by atoms with van der Waals surface area (Å²) in [7, 11) is 0. The van der Waals surface area contributed by atoms with E-state index in [-0.39, 0.29) is 29.6 Å². The Hall–Kier alpha value is -1.78. The van der Waals surface area contributed by atoms with E-state index >= 15 is 0 Å². The summed E-state index contributed by atoms with van der Waals surface area (Å²) in [4.78, 5) is 31.2. The number of aromatic amines is 1. The Labute approximate surface area is 149 Å². The SMILES string of the molecule is CC(C)n1ncc2c(=O)[nH]c(SCC(=O)Cc3nnc(Cl)s3)nc21. The number of hydrogen-bond acceptors (Lipinski definition) is 8. The third kappa shape index (κ3) is 3.65. The molecule has 0 aliphatic rings. The molecule has 126 valence electrons. The summed E-state index contributed by atoms with van der Waals surface area (Å²) in [5.74, 6) is 0.120. The van der Waals surface area contributed by atoms with Crippen molar-refractivity contribution in [2.45, 2.75) is 31.5 Å². The van der Waals surface area contributed by atoms with Gasteiger partial charge in [0.1, 0.15) is 16.2 Å². The molecule has 0 amide bonds. The Kier molecular flexibility index (Phi) is 4.97. The molecule has 0 fully saturated rings. The highest BCUT2D eigenvalue weighted by Crippen LogP contribution is 2.19. The van der Waals surface area contributed by atoms with Gasteiger partial charge in [0.2, 0.25) is 4.47 Å². The van der Waals surface area contributed by atoms with Crippen LogP contribution in [0.25, 0.3) is 11.0 Å². The van der Waals surface area contributed by atoms with E-state index in [1.165, 1.54) is 29.3 Å². The van der Waals surface area contributed by atoms with E-state index in [1.807, 2.05) is 13.8 Å². The maximum absolute atomic E-state index is 12.1. The number of Topliss-reactive ketones (excluding diaryl/α,β-unsaturated/α-hetero) is 1. The summed E-state index contributed by atoms with van der Waals surface area (Å²) in [6.45, 7) is 3.91. The second-order valence-electron chi connectivity index (χ2n) is 5.24. The largest absolute Gasteiger partial charge is 0.301 e. The Morgan fingerprint density at radius 3 is 2.92 bits per heavy atom. The highest BCUT2D eigenvalue weighted by molar-refractivity contribution is 7.99. The molecule has 0 atom stereocenters. The van der Waals surface area contributed by atoms with Gasteiger partial charge in [0.15, 0.2) is 10.8 Å². The van der Waals surface area contributed by atoms with Gasteiger partial charge in [0.05, 0.1) is 18.4 Å². The second-order valence-corrected chi connectivity index (χ2v) is 7.85. The minimum Gasteiger partial charge on any atom is -0.301 e. The van der Waals surface area contributed by atoms with E-state index in [1.54, 1.807) is 4.68 Å². The second kappa shape index (κ2) is 6.99. The molecule has 3 heterocycles. The third-order valence-corrected chi connectivity index (χ3v) is 5.04. The molecule has 3 aromatic rings. The van der Waals surface area contributed by atoms with E-state index in [9.17, 15) is 9.59 Å². The van der Waals surface area contributed by atoms with E-state index < -0.39 is 0 Å². The summed E-state index contributed by atoms with van der Waals surface area (Å²) in [6, 6.07) is 0.0819. The lowest BCUT2D eigenvalue weighted by atomic mass is 10.3. The van der Waals surface area contributed by atoms with Gasteiger partial charge < -0.3 is 4.98 Å². The molecule has 0 radical (unpaired) electrons. The fourth-order valence-electron chi connectivity index (χ4n) is 2.04. The summed E-state index contributed by atoms with van der Waals surface area (Å²) in [5.41, 5.74) is 0.248. The number of carbonyl (C=O) groups excluding carboxylic acids is 1. The summed E-state index contributed by atoms with van der Waals surface area (Å²) in [5, 5.41) is 13.0. The zero-order valence-electron chi connectivity index (χ0n) is 12.8. The number of rotatable bonds is 6. The van der Waals surface area contributed by atoms with Crippen LogP contribution in [0.3, 0.4) is 0 Å². The van der Waals surface area contributed by atoms with Crippen LogP contribution < -0.4 is 5.56 Å². The standard InChI is InChI=1S/C13H13ClN6O2S2/c1-6(2)20-10-8(4-15-20)11(22)17-13(16-10)23-5-7(21)3-9-18-19-12(14)24-9/h4,6H,3,5H2,1-2H3,(H,16,17,22). The lowest BCUT2D eigenvalue weighted by molar-refractivity contribution is -0.116. The van der Waals surface area contributed by atoms with Crippen molar-refractivity contribution in [3.63, 3.8) is 0 Å². The van der Waals surface area contributed by atoms with Crippen molar-refractivity contribution in [1.82, 2.24) is 29.9 Å². The van der Waals surface area contributed by atoms with Gasteiger partial charge in [-0.2, -0.15) is 5.10 Å². The number of ketones is 1. The van der Waals surface area contributed by atoms with Crippen molar-refractivity contribution in [2.24, 2.45) is 0 Å². The molecule has 3 rings (SSSR count). The number of carbonyl (C=O) groups is 1. The van der Waals surface area contributed by atoms with Crippen LogP contribution in [0, 0.1) is 0 Å². The number of thioether (sulfide) groups is 1. The molecule has 0 aliphatic heterocycles. The predicted molar refractivity (Wildman–Crippen MR) is 92.9 cm³/mol. The van der Waals surface area contributed by atoms with Crippen LogP contribution in [0.4, 0.5) is 0 Å². The first-order valence-corrected chi connectivity index (χ1v) is 9.22. The topological polar surface area (TPSA) is 106 Å². The average Bonchev–Trinajstić information content (AvgIpc) is 3.11. The van der Waals surface area contributed by atoms with Crippen molar-refractivity contribution >= 4 is 51.5 Å². The number of nitrogens with zero attached hydrogens (tertiary/aromatic N) is 5. The highest BCUT2D eigenvalue weighted by Gasteiger charge is 2.14. The lowest BCUT2D eigenvalue weighted by Gasteiger charge is -2.06. The van der Waals surface area contributed by atoms with Gasteiger partial charge in [0, 0.05) is 6.04 Å². The quantitative estimate of drug-likeness (QED) is 0.512. The van der Waals surface area contributed by atoms with E-state index in [2.05, 4.69) is 25.3 Å². The van der Waals surface area contributed by atoms with Crippen LogP contribution >= 0.6 is 34.7 Å². The van der Waals surface area contributed by atoms with E-state index in [0.29, 0.717) is 25.7 Å². The molecule has 8 nitrogen and oxygen atoms in total. The fourth-order valence-corrected chi connectivity index (χ4v) is 3.65. The van der Waals surface area contributed by atoms with Crippen LogP contribution in [-0.2, 0) is 11.2 Å². The monoisotopic (exact) mass is 384 g/mol. The lowest BCUT2D eigenvalue weighted by Crippen LogP contribution is -2.12. The van der Waals surface area contributed by atoms with Gasteiger partial charge in [0.25, 0.3) is 5.56 Å². The molecular formula is C13H13ClN6O2S2. The zero-order valence-corrected chi connectivity index (χ0v) is 15.2.